The van der Waals surface area contributed by atoms with Gasteiger partial charge in [-0.25, -0.2) is 0 Å². The second kappa shape index (κ2) is 4.90. The van der Waals surface area contributed by atoms with E-state index in [0.717, 1.165) is 11.1 Å². The number of hydrogen-bond acceptors (Lipinski definition) is 2. The van der Waals surface area contributed by atoms with E-state index in [1.165, 1.54) is 0 Å². The predicted octanol–water partition coefficient (Wildman–Crippen LogP) is 3.15. The first-order valence-electron chi connectivity index (χ1n) is 4.97. The molecule has 0 aliphatic heterocycles. The molecule has 0 fully saturated rings. The van der Waals surface area contributed by atoms with Gasteiger partial charge < -0.3 is 0 Å². The lowest BCUT2D eigenvalue weighted by molar-refractivity contribution is 1.31. The summed E-state index contributed by atoms with van der Waals surface area (Å²) in [5.41, 5.74) is 2.48. The highest BCUT2D eigenvalue weighted by Gasteiger charge is 1.99. The largest absolute Gasteiger partial charge is 0.264 e. The van der Waals surface area contributed by atoms with E-state index in [1.54, 1.807) is 12.4 Å². The summed E-state index contributed by atoms with van der Waals surface area (Å²) in [7, 11) is 0. The molecule has 1 aromatic carbocycles. The van der Waals surface area contributed by atoms with Gasteiger partial charge in [0.2, 0.25) is 0 Å². The van der Waals surface area contributed by atoms with Crippen LogP contribution in [0, 0.1) is 11.3 Å². The number of aromatic nitrogens is 1. The van der Waals surface area contributed by atoms with E-state index >= 15 is 0 Å². The monoisotopic (exact) mass is 206 g/mol. The first-order valence-corrected chi connectivity index (χ1v) is 4.97. The van der Waals surface area contributed by atoms with E-state index in [0.29, 0.717) is 5.57 Å². The maximum Gasteiger partial charge on any atom is 0.0998 e. The number of rotatable bonds is 2. The minimum Gasteiger partial charge on any atom is -0.264 e. The van der Waals surface area contributed by atoms with Crippen LogP contribution in [-0.2, 0) is 0 Å². The molecule has 0 amide bonds. The molecule has 0 N–H and O–H groups in total. The summed E-state index contributed by atoms with van der Waals surface area (Å²) in [4.78, 5) is 4.00. The van der Waals surface area contributed by atoms with E-state index in [9.17, 15) is 0 Å². The lowest BCUT2D eigenvalue weighted by atomic mass is 10.1. The van der Waals surface area contributed by atoms with Crippen molar-refractivity contribution >= 4 is 11.6 Å². The van der Waals surface area contributed by atoms with Crippen molar-refractivity contribution in [1.82, 2.24) is 4.98 Å². The van der Waals surface area contributed by atoms with Gasteiger partial charge in [0.1, 0.15) is 0 Å². The number of pyridine rings is 1. The third-order valence-corrected chi connectivity index (χ3v) is 2.20. The van der Waals surface area contributed by atoms with Gasteiger partial charge in [0.25, 0.3) is 0 Å². The molecule has 0 atom stereocenters. The van der Waals surface area contributed by atoms with Crippen molar-refractivity contribution in [3.8, 4) is 6.07 Å². The Morgan fingerprint density at radius 3 is 2.56 bits per heavy atom. The van der Waals surface area contributed by atoms with Gasteiger partial charge in [-0.1, -0.05) is 36.4 Å². The molecular weight excluding hydrogens is 196 g/mol. The average molecular weight is 206 g/mol. The molecule has 76 valence electrons. The molecular formula is C14H10N2. The van der Waals surface area contributed by atoms with Crippen molar-refractivity contribution < 1.29 is 0 Å². The zero-order chi connectivity index (χ0) is 11.2. The van der Waals surface area contributed by atoms with E-state index in [-0.39, 0.29) is 0 Å². The summed E-state index contributed by atoms with van der Waals surface area (Å²) in [6, 6.07) is 15.7. The van der Waals surface area contributed by atoms with Gasteiger partial charge in [0, 0.05) is 18.0 Å². The van der Waals surface area contributed by atoms with Crippen LogP contribution in [-0.4, -0.2) is 4.98 Å². The Morgan fingerprint density at radius 1 is 1.12 bits per heavy atom. The highest BCUT2D eigenvalue weighted by Crippen LogP contribution is 2.15. The quantitative estimate of drug-likeness (QED) is 0.708. The second-order valence-electron chi connectivity index (χ2n) is 3.32. The van der Waals surface area contributed by atoms with Crippen molar-refractivity contribution in [3.05, 3.63) is 66.0 Å². The molecule has 0 aliphatic carbocycles. The molecule has 1 aromatic heterocycles. The predicted molar refractivity (Wildman–Crippen MR) is 64.2 cm³/mol. The van der Waals surface area contributed by atoms with Gasteiger partial charge in [-0.3, -0.25) is 4.98 Å². The van der Waals surface area contributed by atoms with Crippen molar-refractivity contribution in [2.24, 2.45) is 0 Å². The number of benzene rings is 1. The number of nitriles is 1. The van der Waals surface area contributed by atoms with Gasteiger partial charge in [0.15, 0.2) is 0 Å². The van der Waals surface area contributed by atoms with Crippen LogP contribution in [0.4, 0.5) is 0 Å². The molecule has 0 saturated heterocycles. The van der Waals surface area contributed by atoms with Crippen molar-refractivity contribution in [1.29, 1.82) is 5.26 Å². The second-order valence-corrected chi connectivity index (χ2v) is 3.32. The number of nitrogens with zero attached hydrogens (tertiary/aromatic N) is 2. The molecule has 0 spiro atoms. The molecule has 2 rings (SSSR count). The molecule has 0 unspecified atom stereocenters. The molecule has 16 heavy (non-hydrogen) atoms. The molecule has 2 aromatic rings. The third-order valence-electron chi connectivity index (χ3n) is 2.20. The number of hydrogen-bond donors (Lipinski definition) is 0. The normalized spacial score (nSPS) is 10.8. The first kappa shape index (κ1) is 10.1. The Kier molecular flexibility index (Phi) is 3.10. The van der Waals surface area contributed by atoms with E-state index < -0.39 is 0 Å². The van der Waals surface area contributed by atoms with Crippen molar-refractivity contribution in [2.75, 3.05) is 0 Å². The first-order chi connectivity index (χ1) is 7.90. The lowest BCUT2D eigenvalue weighted by Gasteiger charge is -1.98. The van der Waals surface area contributed by atoms with E-state index in [1.807, 2.05) is 48.5 Å². The summed E-state index contributed by atoms with van der Waals surface area (Å²) < 4.78 is 0. The van der Waals surface area contributed by atoms with Gasteiger partial charge in [-0.2, -0.15) is 5.26 Å². The lowest BCUT2D eigenvalue weighted by Crippen LogP contribution is -1.82. The van der Waals surface area contributed by atoms with Crippen LogP contribution in [0.25, 0.3) is 11.6 Å². The van der Waals surface area contributed by atoms with Crippen molar-refractivity contribution in [3.63, 3.8) is 0 Å². The minimum absolute atomic E-state index is 0.624. The fraction of sp³-hybridized carbons (Fsp3) is 0. The number of allylic oxidation sites excluding steroid dienone is 1. The molecule has 0 radical (unpaired) electrons. The standard InChI is InChI=1S/C14H10N2/c15-10-14(13-7-4-8-16-11-13)9-12-5-2-1-3-6-12/h1-9,11H/b14-9+. The summed E-state index contributed by atoms with van der Waals surface area (Å²) in [6.07, 6.45) is 5.25. The molecule has 2 nitrogen and oxygen atoms in total. The molecule has 2 heteroatoms. The summed E-state index contributed by atoms with van der Waals surface area (Å²) >= 11 is 0. The summed E-state index contributed by atoms with van der Waals surface area (Å²) in [5.74, 6) is 0. The maximum atomic E-state index is 9.09. The topological polar surface area (TPSA) is 36.7 Å². The Morgan fingerprint density at radius 2 is 1.94 bits per heavy atom. The molecule has 0 bridgehead atoms. The maximum absolute atomic E-state index is 9.09. The van der Waals surface area contributed by atoms with Crippen LogP contribution in [0.2, 0.25) is 0 Å². The summed E-state index contributed by atoms with van der Waals surface area (Å²) in [5, 5.41) is 9.09. The molecule has 0 aliphatic rings. The van der Waals surface area contributed by atoms with Gasteiger partial charge in [-0.05, 0) is 17.7 Å². The van der Waals surface area contributed by atoms with Crippen LogP contribution in [0.15, 0.2) is 54.9 Å². The SMILES string of the molecule is N#C/C(=C\c1ccccc1)c1cccnc1. The fourth-order valence-corrected chi connectivity index (χ4v) is 1.42. The van der Waals surface area contributed by atoms with Crippen LogP contribution in [0.1, 0.15) is 11.1 Å². The highest BCUT2D eigenvalue weighted by atomic mass is 14.6. The van der Waals surface area contributed by atoms with Crippen molar-refractivity contribution in [2.45, 2.75) is 0 Å². The van der Waals surface area contributed by atoms with Gasteiger partial charge in [-0.15, -0.1) is 0 Å². The van der Waals surface area contributed by atoms with Crippen LogP contribution >= 0.6 is 0 Å². The molecule has 1 heterocycles. The van der Waals surface area contributed by atoms with Gasteiger partial charge >= 0.3 is 0 Å². The van der Waals surface area contributed by atoms with Crippen LogP contribution in [0.3, 0.4) is 0 Å². The summed E-state index contributed by atoms with van der Waals surface area (Å²) in [6.45, 7) is 0. The Labute approximate surface area is 94.5 Å². The highest BCUT2D eigenvalue weighted by molar-refractivity contribution is 5.89. The molecule has 0 saturated carbocycles. The smallest absolute Gasteiger partial charge is 0.0998 e. The fourth-order valence-electron chi connectivity index (χ4n) is 1.42. The van der Waals surface area contributed by atoms with Crippen LogP contribution < -0.4 is 0 Å². The van der Waals surface area contributed by atoms with Crippen LogP contribution in [0.5, 0.6) is 0 Å². The van der Waals surface area contributed by atoms with E-state index in [4.69, 9.17) is 5.26 Å². The van der Waals surface area contributed by atoms with E-state index in [2.05, 4.69) is 11.1 Å². The Balaban J connectivity index is 2.39. The Hall–Kier alpha value is -2.40. The Bertz CT molecular complexity index is 522. The zero-order valence-corrected chi connectivity index (χ0v) is 8.67. The third kappa shape index (κ3) is 2.34. The van der Waals surface area contributed by atoms with Gasteiger partial charge in [0.05, 0.1) is 11.6 Å². The average Bonchev–Trinajstić information content (AvgIpc) is 2.38. The minimum atomic E-state index is 0.624. The zero-order valence-electron chi connectivity index (χ0n) is 8.67.